The van der Waals surface area contributed by atoms with Crippen molar-refractivity contribution in [1.29, 1.82) is 0 Å². The van der Waals surface area contributed by atoms with E-state index in [9.17, 15) is 4.79 Å². The number of primary amides is 1. The van der Waals surface area contributed by atoms with Crippen molar-refractivity contribution in [2.75, 3.05) is 11.9 Å². The maximum Gasteiger partial charge on any atom is 0.217 e. The molecule has 1 aliphatic heterocycles. The van der Waals surface area contributed by atoms with E-state index in [4.69, 9.17) is 5.73 Å². The van der Waals surface area contributed by atoms with Gasteiger partial charge in [-0.05, 0) is 24.0 Å². The van der Waals surface area contributed by atoms with Crippen LogP contribution in [-0.4, -0.2) is 12.5 Å². The molecule has 0 aliphatic carbocycles. The number of nitrogens with two attached hydrogens (primary N) is 1. The Morgan fingerprint density at radius 2 is 2.29 bits per heavy atom. The molecule has 0 saturated carbocycles. The number of carbonyl (C=O) groups excluding carboxylic acids is 1. The molecule has 3 heteroatoms. The van der Waals surface area contributed by atoms with Crippen LogP contribution >= 0.6 is 0 Å². The molecule has 0 saturated heterocycles. The molecule has 0 spiro atoms. The minimum Gasteiger partial charge on any atom is -0.385 e. The third kappa shape index (κ3) is 1.87. The summed E-state index contributed by atoms with van der Waals surface area (Å²) in [5.74, 6) is 0.138. The Bertz CT molecular complexity index is 349. The number of nitrogens with one attached hydrogen (secondary N) is 1. The molecular weight excluding hydrogens is 176 g/mol. The highest BCUT2D eigenvalue weighted by molar-refractivity contribution is 5.74. The Hall–Kier alpha value is -1.51. The van der Waals surface area contributed by atoms with Crippen molar-refractivity contribution in [3.05, 3.63) is 29.8 Å². The van der Waals surface area contributed by atoms with Gasteiger partial charge in [-0.2, -0.15) is 0 Å². The standard InChI is InChI=1S/C11H14N2O/c12-11(14)6-8-5-9-3-1-2-4-10(9)13-7-8/h1-4,8,13H,5-7H2,(H2,12,14). The lowest BCUT2D eigenvalue weighted by molar-refractivity contribution is -0.118. The summed E-state index contributed by atoms with van der Waals surface area (Å²) in [7, 11) is 0. The largest absolute Gasteiger partial charge is 0.385 e. The van der Waals surface area contributed by atoms with Gasteiger partial charge in [-0.1, -0.05) is 18.2 Å². The fourth-order valence-corrected chi connectivity index (χ4v) is 1.94. The van der Waals surface area contributed by atoms with Crippen molar-refractivity contribution in [1.82, 2.24) is 0 Å². The zero-order valence-electron chi connectivity index (χ0n) is 7.99. The first-order valence-corrected chi connectivity index (χ1v) is 4.86. The van der Waals surface area contributed by atoms with E-state index in [1.165, 1.54) is 11.3 Å². The van der Waals surface area contributed by atoms with E-state index in [1.807, 2.05) is 12.1 Å². The first-order chi connectivity index (χ1) is 6.75. The average Bonchev–Trinajstić information content (AvgIpc) is 2.17. The van der Waals surface area contributed by atoms with Crippen molar-refractivity contribution in [2.45, 2.75) is 12.8 Å². The molecule has 0 fully saturated rings. The van der Waals surface area contributed by atoms with Crippen LogP contribution in [0, 0.1) is 5.92 Å². The van der Waals surface area contributed by atoms with Gasteiger partial charge < -0.3 is 11.1 Å². The lowest BCUT2D eigenvalue weighted by Crippen LogP contribution is -2.27. The molecule has 14 heavy (non-hydrogen) atoms. The van der Waals surface area contributed by atoms with Crippen molar-refractivity contribution in [3.63, 3.8) is 0 Å². The number of rotatable bonds is 2. The SMILES string of the molecule is NC(=O)CC1CNc2ccccc2C1. The third-order valence-corrected chi connectivity index (χ3v) is 2.60. The van der Waals surface area contributed by atoms with Gasteiger partial charge in [0.05, 0.1) is 0 Å². The summed E-state index contributed by atoms with van der Waals surface area (Å²) in [5.41, 5.74) is 7.65. The van der Waals surface area contributed by atoms with Crippen molar-refractivity contribution in [2.24, 2.45) is 11.7 Å². The highest BCUT2D eigenvalue weighted by Crippen LogP contribution is 2.25. The van der Waals surface area contributed by atoms with Gasteiger partial charge in [0.1, 0.15) is 0 Å². The molecule has 0 bridgehead atoms. The minimum absolute atomic E-state index is 0.212. The van der Waals surface area contributed by atoms with E-state index in [2.05, 4.69) is 17.4 Å². The van der Waals surface area contributed by atoms with Gasteiger partial charge in [0, 0.05) is 18.7 Å². The third-order valence-electron chi connectivity index (χ3n) is 2.60. The average molecular weight is 190 g/mol. The van der Waals surface area contributed by atoms with E-state index >= 15 is 0 Å². The Morgan fingerprint density at radius 1 is 1.50 bits per heavy atom. The number of fused-ring (bicyclic) bond motifs is 1. The molecule has 0 aromatic heterocycles. The normalized spacial score (nSPS) is 19.6. The molecule has 3 nitrogen and oxygen atoms in total. The summed E-state index contributed by atoms with van der Waals surface area (Å²) in [6.45, 7) is 0.847. The molecule has 1 aliphatic rings. The van der Waals surface area contributed by atoms with Crippen molar-refractivity contribution in [3.8, 4) is 0 Å². The Balaban J connectivity index is 2.09. The molecule has 1 atom stereocenters. The first-order valence-electron chi connectivity index (χ1n) is 4.86. The fourth-order valence-electron chi connectivity index (χ4n) is 1.94. The number of hydrogen-bond acceptors (Lipinski definition) is 2. The van der Waals surface area contributed by atoms with Gasteiger partial charge >= 0.3 is 0 Å². The van der Waals surface area contributed by atoms with Gasteiger partial charge in [-0.15, -0.1) is 0 Å². The molecular formula is C11H14N2O. The number of anilines is 1. The highest BCUT2D eigenvalue weighted by Gasteiger charge is 2.18. The van der Waals surface area contributed by atoms with Crippen LogP contribution in [-0.2, 0) is 11.2 Å². The topological polar surface area (TPSA) is 55.1 Å². The van der Waals surface area contributed by atoms with Crippen LogP contribution in [0.3, 0.4) is 0 Å². The zero-order valence-corrected chi connectivity index (χ0v) is 7.99. The van der Waals surface area contributed by atoms with Gasteiger partial charge in [-0.3, -0.25) is 4.79 Å². The van der Waals surface area contributed by atoms with Gasteiger partial charge in [0.15, 0.2) is 0 Å². The van der Waals surface area contributed by atoms with Gasteiger partial charge in [-0.25, -0.2) is 0 Å². The predicted octanol–water partition coefficient (Wildman–Crippen LogP) is 1.15. The Morgan fingerprint density at radius 3 is 3.07 bits per heavy atom. The molecule has 3 N–H and O–H groups in total. The van der Waals surface area contributed by atoms with Crippen molar-refractivity contribution >= 4 is 11.6 Å². The van der Waals surface area contributed by atoms with E-state index in [0.717, 1.165) is 13.0 Å². The number of amides is 1. The quantitative estimate of drug-likeness (QED) is 0.735. The monoisotopic (exact) mass is 190 g/mol. The van der Waals surface area contributed by atoms with Crippen LogP contribution in [0.25, 0.3) is 0 Å². The van der Waals surface area contributed by atoms with E-state index in [0.29, 0.717) is 12.3 Å². The van der Waals surface area contributed by atoms with Crippen molar-refractivity contribution < 1.29 is 4.79 Å². The minimum atomic E-state index is -0.212. The molecule has 1 aromatic carbocycles. The Kier molecular flexibility index (Phi) is 2.39. The molecule has 1 heterocycles. The van der Waals surface area contributed by atoms with Gasteiger partial charge in [0.25, 0.3) is 0 Å². The summed E-state index contributed by atoms with van der Waals surface area (Å²) in [6, 6.07) is 8.19. The second-order valence-electron chi connectivity index (χ2n) is 3.78. The molecule has 2 rings (SSSR count). The second kappa shape index (κ2) is 3.70. The van der Waals surface area contributed by atoms with Crippen LogP contribution in [0.4, 0.5) is 5.69 Å². The van der Waals surface area contributed by atoms with Crippen LogP contribution in [0.1, 0.15) is 12.0 Å². The number of benzene rings is 1. The van der Waals surface area contributed by atoms with Crippen LogP contribution in [0.5, 0.6) is 0 Å². The summed E-state index contributed by atoms with van der Waals surface area (Å²) in [6.07, 6.45) is 1.42. The second-order valence-corrected chi connectivity index (χ2v) is 3.78. The highest BCUT2D eigenvalue weighted by atomic mass is 16.1. The van der Waals surface area contributed by atoms with E-state index < -0.39 is 0 Å². The number of hydrogen-bond donors (Lipinski definition) is 2. The molecule has 0 radical (unpaired) electrons. The van der Waals surface area contributed by atoms with E-state index in [-0.39, 0.29) is 5.91 Å². The van der Waals surface area contributed by atoms with Crippen LogP contribution < -0.4 is 11.1 Å². The molecule has 1 amide bonds. The molecule has 1 unspecified atom stereocenters. The maximum absolute atomic E-state index is 10.8. The predicted molar refractivity (Wildman–Crippen MR) is 55.9 cm³/mol. The van der Waals surface area contributed by atoms with Crippen LogP contribution in [0.15, 0.2) is 24.3 Å². The first kappa shape index (κ1) is 9.06. The fraction of sp³-hybridized carbons (Fsp3) is 0.364. The maximum atomic E-state index is 10.8. The Labute approximate surface area is 83.3 Å². The van der Waals surface area contributed by atoms with E-state index in [1.54, 1.807) is 0 Å². The zero-order chi connectivity index (χ0) is 9.97. The molecule has 74 valence electrons. The number of carbonyl (C=O) groups is 1. The van der Waals surface area contributed by atoms with Crippen LogP contribution in [0.2, 0.25) is 0 Å². The summed E-state index contributed by atoms with van der Waals surface area (Å²) < 4.78 is 0. The summed E-state index contributed by atoms with van der Waals surface area (Å²) in [5, 5.41) is 3.31. The van der Waals surface area contributed by atoms with Gasteiger partial charge in [0.2, 0.25) is 5.91 Å². The lowest BCUT2D eigenvalue weighted by atomic mass is 9.91. The summed E-state index contributed by atoms with van der Waals surface area (Å²) >= 11 is 0. The smallest absolute Gasteiger partial charge is 0.217 e. The lowest BCUT2D eigenvalue weighted by Gasteiger charge is -2.25. The summed E-state index contributed by atoms with van der Waals surface area (Å²) in [4.78, 5) is 10.8. The number of para-hydroxylation sites is 1. The molecule has 1 aromatic rings.